The van der Waals surface area contributed by atoms with Gasteiger partial charge in [-0.1, -0.05) is 63.9 Å². The van der Waals surface area contributed by atoms with Crippen LogP contribution in [0.5, 0.6) is 0 Å². The summed E-state index contributed by atoms with van der Waals surface area (Å²) in [6.07, 6.45) is 4.07. The Labute approximate surface area is 181 Å². The third kappa shape index (κ3) is 3.39. The van der Waals surface area contributed by atoms with Gasteiger partial charge in [0.25, 0.3) is 5.91 Å². The maximum absolute atomic E-state index is 12.6. The van der Waals surface area contributed by atoms with Crippen LogP contribution < -0.4 is 5.32 Å². The van der Waals surface area contributed by atoms with E-state index in [1.54, 1.807) is 6.07 Å². The van der Waals surface area contributed by atoms with Crippen LogP contribution in [0.1, 0.15) is 16.7 Å². The van der Waals surface area contributed by atoms with Crippen molar-refractivity contribution in [3.8, 4) is 0 Å². The summed E-state index contributed by atoms with van der Waals surface area (Å²) in [6, 6.07) is 22.1. The van der Waals surface area contributed by atoms with Crippen molar-refractivity contribution < 1.29 is 4.79 Å². The van der Waals surface area contributed by atoms with Crippen molar-refractivity contribution in [3.05, 3.63) is 99.1 Å². The van der Waals surface area contributed by atoms with Crippen molar-refractivity contribution in [2.75, 3.05) is 5.32 Å². The molecule has 1 aliphatic heterocycles. The first-order chi connectivity index (χ1) is 14.1. The number of benzene rings is 3. The number of hydrogen-bond acceptors (Lipinski definition) is 1. The highest BCUT2D eigenvalue weighted by atomic mass is 79.9. The molecule has 5 heteroatoms. The molecule has 0 fully saturated rings. The Balaban J connectivity index is 1.65. The predicted octanol–water partition coefficient (Wildman–Crippen LogP) is 6.60. The highest BCUT2D eigenvalue weighted by Gasteiger charge is 2.24. The molecule has 1 amide bonds. The summed E-state index contributed by atoms with van der Waals surface area (Å²) in [6.45, 7) is 0.764. The molecule has 0 unspecified atom stereocenters. The molecule has 142 valence electrons. The van der Waals surface area contributed by atoms with Gasteiger partial charge in [-0.05, 0) is 42.0 Å². The minimum absolute atomic E-state index is 0.110. The van der Waals surface area contributed by atoms with E-state index in [4.69, 9.17) is 11.6 Å². The zero-order chi connectivity index (χ0) is 20.0. The molecule has 1 aliphatic rings. The fraction of sp³-hybridized carbons (Fsp3) is 0.0417. The van der Waals surface area contributed by atoms with Gasteiger partial charge in [-0.25, -0.2) is 0 Å². The molecule has 4 aromatic rings. The van der Waals surface area contributed by atoms with E-state index in [-0.39, 0.29) is 5.91 Å². The summed E-state index contributed by atoms with van der Waals surface area (Å²) in [5.41, 5.74) is 5.63. The van der Waals surface area contributed by atoms with Crippen molar-refractivity contribution in [2.24, 2.45) is 0 Å². The normalized spacial score (nSPS) is 14.4. The Morgan fingerprint density at radius 3 is 2.69 bits per heavy atom. The number of anilines is 1. The minimum Gasteiger partial charge on any atom is -0.342 e. The molecule has 29 heavy (non-hydrogen) atoms. The van der Waals surface area contributed by atoms with Gasteiger partial charge < -0.3 is 9.88 Å². The standard InChI is InChI=1S/C24H16BrClN2O/c25-17-6-9-23-20(11-17)16(14-28(23)13-15-4-2-1-3-5-15)10-21-19-8-7-18(26)12-22(19)27-24(21)29/h1-12,14H,13H2,(H,27,29)/b21-10+. The zero-order valence-corrected chi connectivity index (χ0v) is 17.7. The van der Waals surface area contributed by atoms with Crippen LogP contribution in [-0.4, -0.2) is 10.5 Å². The molecule has 3 nitrogen and oxygen atoms in total. The number of fused-ring (bicyclic) bond motifs is 2. The summed E-state index contributed by atoms with van der Waals surface area (Å²) in [4.78, 5) is 12.6. The fourth-order valence-corrected chi connectivity index (χ4v) is 4.32. The molecule has 1 aromatic heterocycles. The predicted molar refractivity (Wildman–Crippen MR) is 123 cm³/mol. The molecule has 2 heterocycles. The Kier molecular flexibility index (Phi) is 4.53. The van der Waals surface area contributed by atoms with E-state index in [1.165, 1.54) is 5.56 Å². The van der Waals surface area contributed by atoms with Crippen molar-refractivity contribution in [1.29, 1.82) is 0 Å². The summed E-state index contributed by atoms with van der Waals surface area (Å²) in [5.74, 6) is -0.110. The second-order valence-corrected chi connectivity index (χ2v) is 8.41. The lowest BCUT2D eigenvalue weighted by Gasteiger charge is -2.05. The summed E-state index contributed by atoms with van der Waals surface area (Å²) < 4.78 is 3.23. The van der Waals surface area contributed by atoms with Crippen LogP contribution in [0.25, 0.3) is 22.6 Å². The summed E-state index contributed by atoms with van der Waals surface area (Å²) in [7, 11) is 0. The van der Waals surface area contributed by atoms with Gasteiger partial charge in [0.15, 0.2) is 0 Å². The molecule has 0 saturated carbocycles. The SMILES string of the molecule is O=C1Nc2cc(Cl)ccc2/C1=C\c1cn(Cc2ccccc2)c2ccc(Br)cc12. The second-order valence-electron chi connectivity index (χ2n) is 7.06. The molecule has 0 radical (unpaired) electrons. The molecule has 5 rings (SSSR count). The van der Waals surface area contributed by atoms with Crippen molar-refractivity contribution in [1.82, 2.24) is 4.57 Å². The molecule has 0 bridgehead atoms. The van der Waals surface area contributed by atoms with Crippen molar-refractivity contribution in [3.63, 3.8) is 0 Å². The summed E-state index contributed by atoms with van der Waals surface area (Å²) in [5, 5.41) is 4.61. The number of amides is 1. The first-order valence-electron chi connectivity index (χ1n) is 9.24. The van der Waals surface area contributed by atoms with Gasteiger partial charge in [-0.15, -0.1) is 0 Å². The van der Waals surface area contributed by atoms with Gasteiger partial charge >= 0.3 is 0 Å². The minimum atomic E-state index is -0.110. The molecular formula is C24H16BrClN2O. The van der Waals surface area contributed by atoms with Crippen LogP contribution in [0.4, 0.5) is 5.69 Å². The fourth-order valence-electron chi connectivity index (χ4n) is 3.79. The number of nitrogens with one attached hydrogen (secondary N) is 1. The Hall–Kier alpha value is -2.82. The highest BCUT2D eigenvalue weighted by molar-refractivity contribution is 9.10. The number of aromatic nitrogens is 1. The lowest BCUT2D eigenvalue weighted by atomic mass is 10.0. The first-order valence-corrected chi connectivity index (χ1v) is 10.4. The van der Waals surface area contributed by atoms with E-state index in [2.05, 4.69) is 56.3 Å². The molecule has 0 spiro atoms. The molecule has 3 aromatic carbocycles. The van der Waals surface area contributed by atoms with E-state index in [0.29, 0.717) is 10.6 Å². The van der Waals surface area contributed by atoms with E-state index in [1.807, 2.05) is 42.5 Å². The van der Waals surface area contributed by atoms with Crippen molar-refractivity contribution >= 4 is 61.7 Å². The third-order valence-corrected chi connectivity index (χ3v) is 5.86. The summed E-state index contributed by atoms with van der Waals surface area (Å²) >= 11 is 9.65. The van der Waals surface area contributed by atoms with Crippen LogP contribution in [0.15, 0.2) is 77.4 Å². The Morgan fingerprint density at radius 2 is 1.86 bits per heavy atom. The number of rotatable bonds is 3. The molecule has 1 N–H and O–H groups in total. The van der Waals surface area contributed by atoms with E-state index < -0.39 is 0 Å². The first kappa shape index (κ1) is 18.2. The topological polar surface area (TPSA) is 34.0 Å². The van der Waals surface area contributed by atoms with Gasteiger partial charge in [0.2, 0.25) is 0 Å². The van der Waals surface area contributed by atoms with Gasteiger partial charge in [0.05, 0.1) is 5.69 Å². The van der Waals surface area contributed by atoms with Crippen LogP contribution >= 0.6 is 27.5 Å². The van der Waals surface area contributed by atoms with E-state index >= 15 is 0 Å². The largest absolute Gasteiger partial charge is 0.342 e. The number of nitrogens with zero attached hydrogens (tertiary/aromatic N) is 1. The van der Waals surface area contributed by atoms with Crippen LogP contribution in [0.2, 0.25) is 5.02 Å². The lowest BCUT2D eigenvalue weighted by Crippen LogP contribution is -2.03. The van der Waals surface area contributed by atoms with Gasteiger partial charge in [-0.3, -0.25) is 4.79 Å². The molecule has 0 atom stereocenters. The maximum Gasteiger partial charge on any atom is 0.256 e. The third-order valence-electron chi connectivity index (χ3n) is 5.13. The number of hydrogen-bond donors (Lipinski definition) is 1. The lowest BCUT2D eigenvalue weighted by molar-refractivity contribution is -0.110. The molecule has 0 saturated heterocycles. The molecule has 0 aliphatic carbocycles. The molecular weight excluding hydrogens is 448 g/mol. The average Bonchev–Trinajstić information content (AvgIpc) is 3.19. The van der Waals surface area contributed by atoms with Gasteiger partial charge in [0, 0.05) is 49.8 Å². The van der Waals surface area contributed by atoms with E-state index in [9.17, 15) is 4.79 Å². The van der Waals surface area contributed by atoms with E-state index in [0.717, 1.165) is 38.7 Å². The number of halogens is 2. The maximum atomic E-state index is 12.6. The van der Waals surface area contributed by atoms with Crippen molar-refractivity contribution in [2.45, 2.75) is 6.54 Å². The van der Waals surface area contributed by atoms with Crippen LogP contribution in [0, 0.1) is 0 Å². The quantitative estimate of drug-likeness (QED) is 0.341. The monoisotopic (exact) mass is 462 g/mol. The average molecular weight is 464 g/mol. The highest BCUT2D eigenvalue weighted by Crippen LogP contribution is 2.36. The number of carbonyl (C=O) groups is 1. The zero-order valence-electron chi connectivity index (χ0n) is 15.3. The van der Waals surface area contributed by atoms with Crippen LogP contribution in [-0.2, 0) is 11.3 Å². The number of carbonyl (C=O) groups excluding carboxylic acids is 1. The second kappa shape index (κ2) is 7.21. The van der Waals surface area contributed by atoms with Crippen LogP contribution in [0.3, 0.4) is 0 Å². The Morgan fingerprint density at radius 1 is 1.03 bits per heavy atom. The smallest absolute Gasteiger partial charge is 0.256 e. The van der Waals surface area contributed by atoms with Gasteiger partial charge in [0.1, 0.15) is 0 Å². The van der Waals surface area contributed by atoms with Gasteiger partial charge in [-0.2, -0.15) is 0 Å². The Bertz CT molecular complexity index is 1290.